The van der Waals surface area contributed by atoms with Gasteiger partial charge >= 0.3 is 0 Å². The molecular weight excluding hydrogens is 214 g/mol. The summed E-state index contributed by atoms with van der Waals surface area (Å²) >= 11 is 0. The molecule has 0 aromatic heterocycles. The van der Waals surface area contributed by atoms with Gasteiger partial charge in [-0.15, -0.1) is 5.23 Å². The first-order chi connectivity index (χ1) is 8.31. The molecule has 0 aliphatic rings. The van der Waals surface area contributed by atoms with E-state index in [1.165, 1.54) is 0 Å². The molecule has 0 heterocycles. The Bertz CT molecular complexity index is 479. The quantitative estimate of drug-likeness (QED) is 0.643. The lowest BCUT2D eigenvalue weighted by Gasteiger charge is -2.17. The van der Waals surface area contributed by atoms with Crippen LogP contribution in [0, 0.1) is 5.21 Å². The molecule has 2 rings (SSSR count). The van der Waals surface area contributed by atoms with Gasteiger partial charge < -0.3 is 10.0 Å². The van der Waals surface area contributed by atoms with Crippen LogP contribution in [0.3, 0.4) is 0 Å². The Morgan fingerprint density at radius 1 is 0.941 bits per heavy atom. The molecule has 86 valence electrons. The fourth-order valence-corrected chi connectivity index (χ4v) is 1.57. The maximum absolute atomic E-state index is 11.4. The molecule has 0 radical (unpaired) electrons. The molecule has 3 nitrogen and oxygen atoms in total. The molecule has 1 unspecified atom stereocenters. The molecule has 0 spiro atoms. The van der Waals surface area contributed by atoms with Crippen molar-refractivity contribution in [2.45, 2.75) is 0 Å². The van der Waals surface area contributed by atoms with Gasteiger partial charge in [0.05, 0.1) is 0 Å². The van der Waals surface area contributed by atoms with E-state index in [1.807, 2.05) is 42.5 Å². The Balaban J connectivity index is 2.21. The predicted octanol–water partition coefficient (Wildman–Crippen LogP) is 2.44. The third-order valence-corrected chi connectivity index (χ3v) is 2.42. The molecule has 0 amide bonds. The number of quaternary nitrogens is 1. The maximum atomic E-state index is 11.4. The number of benzene rings is 2. The first-order valence-electron chi connectivity index (χ1n) is 5.28. The van der Waals surface area contributed by atoms with Crippen LogP contribution in [0.1, 0.15) is 0 Å². The van der Waals surface area contributed by atoms with Crippen molar-refractivity contribution in [3.63, 3.8) is 0 Å². The summed E-state index contributed by atoms with van der Waals surface area (Å²) in [6, 6.07) is 17.3. The fourth-order valence-electron chi connectivity index (χ4n) is 1.57. The summed E-state index contributed by atoms with van der Waals surface area (Å²) in [5.41, 5.74) is 2.71. The number of nitrogens with one attached hydrogen (secondary N) is 1. The van der Waals surface area contributed by atoms with Crippen molar-refractivity contribution in [3.8, 4) is 11.1 Å². The van der Waals surface area contributed by atoms with Crippen LogP contribution in [0.25, 0.3) is 11.1 Å². The van der Waals surface area contributed by atoms with Gasteiger partial charge in [-0.3, -0.25) is 0 Å². The Kier molecular flexibility index (Phi) is 3.55. The molecule has 0 aliphatic carbocycles. The largest absolute Gasteiger partial charge is 0.585 e. The van der Waals surface area contributed by atoms with Gasteiger partial charge in [-0.1, -0.05) is 36.9 Å². The van der Waals surface area contributed by atoms with E-state index in [1.54, 1.807) is 12.1 Å². The predicted molar refractivity (Wildman–Crippen MR) is 67.1 cm³/mol. The van der Waals surface area contributed by atoms with E-state index in [2.05, 4.69) is 6.58 Å². The highest BCUT2D eigenvalue weighted by Gasteiger charge is 2.03. The van der Waals surface area contributed by atoms with Gasteiger partial charge in [0, 0.05) is 12.1 Å². The molecular formula is C14H13NO2. The minimum absolute atomic E-state index is 0.389. The highest BCUT2D eigenvalue weighted by molar-refractivity contribution is 5.64. The van der Waals surface area contributed by atoms with Gasteiger partial charge in [-0.2, -0.15) is 0 Å². The van der Waals surface area contributed by atoms with E-state index in [0.29, 0.717) is 5.69 Å². The van der Waals surface area contributed by atoms with E-state index < -0.39 is 0 Å². The highest BCUT2D eigenvalue weighted by Crippen LogP contribution is 2.19. The molecule has 3 heteroatoms. The monoisotopic (exact) mass is 227 g/mol. The van der Waals surface area contributed by atoms with Gasteiger partial charge in [-0.05, 0) is 23.3 Å². The first-order valence-corrected chi connectivity index (χ1v) is 5.28. The summed E-state index contributed by atoms with van der Waals surface area (Å²) in [4.78, 5) is 4.70. The molecule has 0 saturated heterocycles. The smallest absolute Gasteiger partial charge is 0.173 e. The van der Waals surface area contributed by atoms with Crippen LogP contribution in [0.15, 0.2) is 67.4 Å². The van der Waals surface area contributed by atoms with Gasteiger partial charge in [-0.25, -0.2) is 0 Å². The SMILES string of the molecule is C=CO[NH+]([O-])c1ccc(-c2ccccc2)cc1. The van der Waals surface area contributed by atoms with Crippen LogP contribution >= 0.6 is 0 Å². The molecule has 1 atom stereocenters. The van der Waals surface area contributed by atoms with Gasteiger partial charge in [0.1, 0.15) is 6.26 Å². The molecule has 2 aromatic rings. The molecule has 2 aromatic carbocycles. The van der Waals surface area contributed by atoms with Crippen molar-refractivity contribution in [3.05, 3.63) is 72.6 Å². The van der Waals surface area contributed by atoms with Crippen molar-refractivity contribution in [1.82, 2.24) is 0 Å². The normalized spacial score (nSPS) is 11.8. The first kappa shape index (κ1) is 11.4. The van der Waals surface area contributed by atoms with E-state index in [-0.39, 0.29) is 5.23 Å². The molecule has 1 N–H and O–H groups in total. The topological polar surface area (TPSA) is 36.7 Å². The molecule has 0 bridgehead atoms. The van der Waals surface area contributed by atoms with Crippen molar-refractivity contribution in [1.29, 1.82) is 0 Å². The van der Waals surface area contributed by atoms with Crippen molar-refractivity contribution < 1.29 is 10.1 Å². The number of hydrogen-bond acceptors (Lipinski definition) is 2. The van der Waals surface area contributed by atoms with Gasteiger partial charge in [0.2, 0.25) is 0 Å². The lowest BCUT2D eigenvalue weighted by Crippen LogP contribution is -3.00. The van der Waals surface area contributed by atoms with Crippen molar-refractivity contribution in [2.24, 2.45) is 0 Å². The molecule has 0 fully saturated rings. The number of rotatable bonds is 4. The third kappa shape index (κ3) is 2.72. The average molecular weight is 227 g/mol. The second-order valence-corrected chi connectivity index (χ2v) is 3.52. The highest BCUT2D eigenvalue weighted by atomic mass is 16.9. The van der Waals surface area contributed by atoms with Gasteiger partial charge in [0.15, 0.2) is 5.69 Å². The summed E-state index contributed by atoms with van der Waals surface area (Å²) < 4.78 is 0. The second-order valence-electron chi connectivity index (χ2n) is 3.52. The van der Waals surface area contributed by atoms with E-state index in [4.69, 9.17) is 4.84 Å². The van der Waals surface area contributed by atoms with Crippen LogP contribution in [0.4, 0.5) is 5.69 Å². The summed E-state index contributed by atoms with van der Waals surface area (Å²) in [5, 5.41) is 11.0. The third-order valence-electron chi connectivity index (χ3n) is 2.42. The lowest BCUT2D eigenvalue weighted by molar-refractivity contribution is -0.984. The average Bonchev–Trinajstić information content (AvgIpc) is 2.40. The van der Waals surface area contributed by atoms with Crippen LogP contribution in [-0.2, 0) is 4.84 Å². The minimum atomic E-state index is -0.389. The zero-order valence-electron chi connectivity index (χ0n) is 9.30. The van der Waals surface area contributed by atoms with E-state index in [9.17, 15) is 5.21 Å². The second kappa shape index (κ2) is 5.30. The zero-order chi connectivity index (χ0) is 12.1. The van der Waals surface area contributed by atoms with Crippen LogP contribution in [0.5, 0.6) is 0 Å². The van der Waals surface area contributed by atoms with Gasteiger partial charge in [0.25, 0.3) is 0 Å². The number of hydrogen-bond donors (Lipinski definition) is 1. The van der Waals surface area contributed by atoms with E-state index in [0.717, 1.165) is 17.4 Å². The Hall–Kier alpha value is -2.10. The standard InChI is InChI=1S/C14H13NO2/c1-2-17-15(16)14-10-8-13(9-11-14)12-6-4-3-5-7-12/h2-11,15H,1H2. The van der Waals surface area contributed by atoms with Crippen LogP contribution in [0.2, 0.25) is 0 Å². The minimum Gasteiger partial charge on any atom is -0.585 e. The molecule has 0 saturated carbocycles. The van der Waals surface area contributed by atoms with Crippen molar-refractivity contribution >= 4 is 5.69 Å². The Morgan fingerprint density at radius 2 is 1.53 bits per heavy atom. The summed E-state index contributed by atoms with van der Waals surface area (Å²) in [6.07, 6.45) is 1.13. The zero-order valence-corrected chi connectivity index (χ0v) is 9.30. The van der Waals surface area contributed by atoms with Crippen molar-refractivity contribution in [2.75, 3.05) is 0 Å². The fraction of sp³-hybridized carbons (Fsp3) is 0. The lowest BCUT2D eigenvalue weighted by atomic mass is 10.1. The summed E-state index contributed by atoms with van der Waals surface area (Å²) in [7, 11) is 0. The molecule has 0 aliphatic heterocycles. The maximum Gasteiger partial charge on any atom is 0.173 e. The van der Waals surface area contributed by atoms with Crippen LogP contribution < -0.4 is 5.23 Å². The Labute approximate surface area is 100 Å². The molecule has 17 heavy (non-hydrogen) atoms. The van der Waals surface area contributed by atoms with E-state index >= 15 is 0 Å². The van der Waals surface area contributed by atoms with Crippen LogP contribution in [-0.4, -0.2) is 0 Å². The Morgan fingerprint density at radius 3 is 2.12 bits per heavy atom. The summed E-state index contributed by atoms with van der Waals surface area (Å²) in [6.45, 7) is 3.35. The summed E-state index contributed by atoms with van der Waals surface area (Å²) in [5.74, 6) is 0.